The molecule has 1 aromatic heterocycles. The predicted octanol–water partition coefficient (Wildman–Crippen LogP) is 2.79. The summed E-state index contributed by atoms with van der Waals surface area (Å²) in [6, 6.07) is 3.87. The van der Waals surface area contributed by atoms with E-state index >= 15 is 0 Å². The monoisotopic (exact) mass is 316 g/mol. The minimum atomic E-state index is 0.0921. The first kappa shape index (κ1) is 17.4. The topological polar surface area (TPSA) is 75.0 Å². The molecule has 1 fully saturated rings. The Kier molecular flexibility index (Phi) is 5.70. The number of carbonyl (C=O) groups is 1. The Hall–Kier alpha value is -1.96. The Morgan fingerprint density at radius 2 is 2.26 bits per heavy atom. The Bertz CT molecular complexity index is 597. The molecular formula is C18H28N4O. The Morgan fingerprint density at radius 3 is 2.87 bits per heavy atom. The van der Waals surface area contributed by atoms with Crippen molar-refractivity contribution in [2.75, 3.05) is 18.8 Å². The van der Waals surface area contributed by atoms with Crippen molar-refractivity contribution in [2.24, 2.45) is 11.8 Å². The van der Waals surface area contributed by atoms with Gasteiger partial charge < -0.3 is 15.2 Å². The maximum atomic E-state index is 12.6. The third kappa shape index (κ3) is 4.28. The first-order valence-corrected chi connectivity index (χ1v) is 8.58. The SMILES string of the molecule is CC(C)CCc1c(N)cc(C#N)n1CC(=O)N1CCC[C@H](C)C1. The third-order valence-corrected chi connectivity index (χ3v) is 4.62. The fourth-order valence-corrected chi connectivity index (χ4v) is 3.24. The van der Waals surface area contributed by atoms with Crippen LogP contribution in [-0.4, -0.2) is 28.5 Å². The maximum Gasteiger partial charge on any atom is 0.242 e. The molecule has 126 valence electrons. The lowest BCUT2D eigenvalue weighted by Crippen LogP contribution is -2.41. The maximum absolute atomic E-state index is 12.6. The summed E-state index contributed by atoms with van der Waals surface area (Å²) < 4.78 is 1.82. The number of nitrogens with two attached hydrogens (primary N) is 1. The van der Waals surface area contributed by atoms with Gasteiger partial charge in [0.25, 0.3) is 0 Å². The fraction of sp³-hybridized carbons (Fsp3) is 0.667. The molecule has 1 aliphatic heterocycles. The van der Waals surface area contributed by atoms with E-state index in [0.29, 0.717) is 23.2 Å². The van der Waals surface area contributed by atoms with Crippen molar-refractivity contribution in [1.29, 1.82) is 5.26 Å². The van der Waals surface area contributed by atoms with Crippen LogP contribution in [-0.2, 0) is 17.8 Å². The van der Waals surface area contributed by atoms with Gasteiger partial charge in [-0.1, -0.05) is 20.8 Å². The van der Waals surface area contributed by atoms with Crippen LogP contribution in [0.3, 0.4) is 0 Å². The zero-order chi connectivity index (χ0) is 17.0. The first-order chi connectivity index (χ1) is 10.9. The molecule has 1 aromatic rings. The number of amides is 1. The second-order valence-electron chi connectivity index (χ2n) is 7.15. The number of nitrogen functional groups attached to an aromatic ring is 1. The van der Waals surface area contributed by atoms with Crippen LogP contribution in [0.2, 0.25) is 0 Å². The lowest BCUT2D eigenvalue weighted by Gasteiger charge is -2.31. The summed E-state index contributed by atoms with van der Waals surface area (Å²) in [7, 11) is 0. The lowest BCUT2D eigenvalue weighted by atomic mass is 10.0. The van der Waals surface area contributed by atoms with Gasteiger partial charge in [-0.2, -0.15) is 5.26 Å². The number of nitriles is 1. The molecule has 1 atom stereocenters. The van der Waals surface area contributed by atoms with Crippen LogP contribution in [0.4, 0.5) is 5.69 Å². The number of hydrogen-bond donors (Lipinski definition) is 1. The minimum Gasteiger partial charge on any atom is -0.397 e. The van der Waals surface area contributed by atoms with Crippen molar-refractivity contribution in [2.45, 2.75) is 53.0 Å². The molecule has 1 amide bonds. The predicted molar refractivity (Wildman–Crippen MR) is 91.7 cm³/mol. The molecule has 5 nitrogen and oxygen atoms in total. The lowest BCUT2D eigenvalue weighted by molar-refractivity contribution is -0.133. The minimum absolute atomic E-state index is 0.0921. The second-order valence-corrected chi connectivity index (χ2v) is 7.15. The second kappa shape index (κ2) is 7.54. The molecule has 2 rings (SSSR count). The molecule has 1 saturated heterocycles. The van der Waals surface area contributed by atoms with Gasteiger partial charge in [0.2, 0.25) is 5.91 Å². The van der Waals surface area contributed by atoms with E-state index in [1.165, 1.54) is 6.42 Å². The standard InChI is InChI=1S/C18H28N4O/c1-13(2)6-7-17-16(20)9-15(10-19)22(17)12-18(23)21-8-4-5-14(3)11-21/h9,13-14H,4-8,11-12,20H2,1-3H3/t14-/m0/s1. The highest BCUT2D eigenvalue weighted by molar-refractivity contribution is 5.77. The van der Waals surface area contributed by atoms with Crippen molar-refractivity contribution in [1.82, 2.24) is 9.47 Å². The van der Waals surface area contributed by atoms with Gasteiger partial charge in [0.1, 0.15) is 18.3 Å². The quantitative estimate of drug-likeness (QED) is 0.907. The van der Waals surface area contributed by atoms with Crippen molar-refractivity contribution >= 4 is 11.6 Å². The van der Waals surface area contributed by atoms with Crippen molar-refractivity contribution in [3.8, 4) is 6.07 Å². The summed E-state index contributed by atoms with van der Waals surface area (Å²) >= 11 is 0. The van der Waals surface area contributed by atoms with Crippen molar-refractivity contribution < 1.29 is 4.79 Å². The Morgan fingerprint density at radius 1 is 1.52 bits per heavy atom. The van der Waals surface area contributed by atoms with E-state index in [1.54, 1.807) is 6.07 Å². The summed E-state index contributed by atoms with van der Waals surface area (Å²) in [5, 5.41) is 9.35. The molecule has 2 N–H and O–H groups in total. The van der Waals surface area contributed by atoms with Gasteiger partial charge in [-0.25, -0.2) is 0 Å². The number of hydrogen-bond acceptors (Lipinski definition) is 3. The number of likely N-dealkylation sites (tertiary alicyclic amines) is 1. The van der Waals surface area contributed by atoms with E-state index in [1.807, 2.05) is 9.47 Å². The third-order valence-electron chi connectivity index (χ3n) is 4.62. The molecule has 0 bridgehead atoms. The van der Waals surface area contributed by atoms with Gasteiger partial charge in [0.15, 0.2) is 0 Å². The molecule has 23 heavy (non-hydrogen) atoms. The molecule has 0 aromatic carbocycles. The molecule has 0 unspecified atom stereocenters. The Labute approximate surface area is 139 Å². The average Bonchev–Trinajstić information content (AvgIpc) is 2.80. The fourth-order valence-electron chi connectivity index (χ4n) is 3.24. The van der Waals surface area contributed by atoms with E-state index in [-0.39, 0.29) is 12.5 Å². The number of nitrogens with zero attached hydrogens (tertiary/aromatic N) is 3. The smallest absolute Gasteiger partial charge is 0.242 e. The summed E-state index contributed by atoms with van der Waals surface area (Å²) in [4.78, 5) is 14.6. The number of rotatable bonds is 5. The van der Waals surface area contributed by atoms with Crippen LogP contribution in [0, 0.1) is 23.2 Å². The number of piperidine rings is 1. The molecule has 0 radical (unpaired) electrons. The highest BCUT2D eigenvalue weighted by atomic mass is 16.2. The first-order valence-electron chi connectivity index (χ1n) is 8.58. The van der Waals surface area contributed by atoms with Crippen molar-refractivity contribution in [3.63, 3.8) is 0 Å². The van der Waals surface area contributed by atoms with Gasteiger partial charge in [0, 0.05) is 18.8 Å². The normalized spacial score (nSPS) is 18.2. The number of aromatic nitrogens is 1. The van der Waals surface area contributed by atoms with E-state index in [9.17, 15) is 10.1 Å². The Balaban J connectivity index is 2.17. The van der Waals surface area contributed by atoms with Crippen LogP contribution in [0.15, 0.2) is 6.07 Å². The van der Waals surface area contributed by atoms with Gasteiger partial charge in [-0.05, 0) is 43.6 Å². The zero-order valence-electron chi connectivity index (χ0n) is 14.5. The summed E-state index contributed by atoms with van der Waals surface area (Å²) in [6.45, 7) is 8.37. The van der Waals surface area contributed by atoms with E-state index in [0.717, 1.165) is 38.0 Å². The van der Waals surface area contributed by atoms with E-state index < -0.39 is 0 Å². The van der Waals surface area contributed by atoms with Gasteiger partial charge >= 0.3 is 0 Å². The van der Waals surface area contributed by atoms with Gasteiger partial charge in [0.05, 0.1) is 5.69 Å². The summed E-state index contributed by atoms with van der Waals surface area (Å²) in [5.41, 5.74) is 8.12. The van der Waals surface area contributed by atoms with Crippen LogP contribution >= 0.6 is 0 Å². The zero-order valence-corrected chi connectivity index (χ0v) is 14.5. The van der Waals surface area contributed by atoms with Crippen LogP contribution < -0.4 is 5.73 Å². The van der Waals surface area contributed by atoms with Gasteiger partial charge in [-0.15, -0.1) is 0 Å². The molecule has 0 spiro atoms. The van der Waals surface area contributed by atoms with Crippen LogP contribution in [0.5, 0.6) is 0 Å². The summed E-state index contributed by atoms with van der Waals surface area (Å²) in [5.74, 6) is 1.20. The molecule has 0 saturated carbocycles. The molecule has 5 heteroatoms. The van der Waals surface area contributed by atoms with E-state index in [2.05, 4.69) is 26.8 Å². The molecular weight excluding hydrogens is 288 g/mol. The van der Waals surface area contributed by atoms with Crippen LogP contribution in [0.1, 0.15) is 51.4 Å². The van der Waals surface area contributed by atoms with Crippen LogP contribution in [0.25, 0.3) is 0 Å². The van der Waals surface area contributed by atoms with Gasteiger partial charge in [-0.3, -0.25) is 4.79 Å². The average molecular weight is 316 g/mol. The molecule has 1 aliphatic rings. The van der Waals surface area contributed by atoms with Crippen molar-refractivity contribution in [3.05, 3.63) is 17.5 Å². The van der Waals surface area contributed by atoms with E-state index in [4.69, 9.17) is 5.73 Å². The molecule has 2 heterocycles. The highest BCUT2D eigenvalue weighted by Gasteiger charge is 2.23. The highest BCUT2D eigenvalue weighted by Crippen LogP contribution is 2.23. The number of carbonyl (C=O) groups excluding carboxylic acids is 1. The largest absolute Gasteiger partial charge is 0.397 e. The number of anilines is 1. The molecule has 0 aliphatic carbocycles. The summed E-state index contributed by atoms with van der Waals surface area (Å²) in [6.07, 6.45) is 4.04.